The molecule has 0 radical (unpaired) electrons. The van der Waals surface area contributed by atoms with Crippen LogP contribution in [0, 0.1) is 0 Å². The molecule has 72 valence electrons. The number of carbonyl (C=O) groups excluding carboxylic acids is 1. The van der Waals surface area contributed by atoms with E-state index in [4.69, 9.17) is 5.73 Å². The first kappa shape index (κ1) is 9.77. The molecule has 0 spiro atoms. The lowest BCUT2D eigenvalue weighted by atomic mass is 10.1. The predicted molar refractivity (Wildman–Crippen MR) is 52.4 cm³/mol. The van der Waals surface area contributed by atoms with Gasteiger partial charge >= 0.3 is 6.03 Å². The van der Waals surface area contributed by atoms with Gasteiger partial charge in [-0.1, -0.05) is 11.6 Å². The first-order valence-electron chi connectivity index (χ1n) is 4.45. The highest BCUT2D eigenvalue weighted by Gasteiger charge is 2.05. The predicted octanol–water partition coefficient (Wildman–Crippen LogP) is 1.53. The van der Waals surface area contributed by atoms with Crippen molar-refractivity contribution in [1.29, 1.82) is 0 Å². The number of hydrogen-bond donors (Lipinski definition) is 2. The van der Waals surface area contributed by atoms with Crippen molar-refractivity contribution in [3.05, 3.63) is 11.6 Å². The Morgan fingerprint density at radius 3 is 3.08 bits per heavy atom. The zero-order valence-electron chi connectivity index (χ0n) is 7.84. The maximum atomic E-state index is 10.3. The summed E-state index contributed by atoms with van der Waals surface area (Å²) in [7, 11) is 0. The third kappa shape index (κ3) is 3.73. The first-order valence-corrected chi connectivity index (χ1v) is 4.45. The van der Waals surface area contributed by atoms with Crippen LogP contribution in [0.1, 0.15) is 32.6 Å². The Kier molecular flexibility index (Phi) is 3.49. The van der Waals surface area contributed by atoms with E-state index in [2.05, 4.69) is 16.6 Å². The van der Waals surface area contributed by atoms with E-state index in [0.717, 1.165) is 18.6 Å². The maximum absolute atomic E-state index is 10.3. The number of nitrogens with one attached hydrogen (secondary N) is 1. The van der Waals surface area contributed by atoms with Gasteiger partial charge in [-0.2, -0.15) is 5.10 Å². The molecule has 1 rings (SSSR count). The largest absolute Gasteiger partial charge is 0.350 e. The van der Waals surface area contributed by atoms with E-state index in [1.165, 1.54) is 18.4 Å². The molecule has 13 heavy (non-hydrogen) atoms. The molecule has 4 nitrogen and oxygen atoms in total. The number of rotatable bonds is 3. The van der Waals surface area contributed by atoms with Gasteiger partial charge in [0.25, 0.3) is 0 Å². The Hall–Kier alpha value is -1.32. The summed E-state index contributed by atoms with van der Waals surface area (Å²) in [5.74, 6) is 0. The number of hydrogen-bond acceptors (Lipinski definition) is 2. The molecule has 0 heterocycles. The third-order valence-electron chi connectivity index (χ3n) is 1.97. The van der Waals surface area contributed by atoms with E-state index in [1.807, 2.05) is 6.92 Å². The van der Waals surface area contributed by atoms with Crippen molar-refractivity contribution in [2.75, 3.05) is 0 Å². The first-order chi connectivity index (χ1) is 6.18. The van der Waals surface area contributed by atoms with Crippen molar-refractivity contribution < 1.29 is 4.79 Å². The summed E-state index contributed by atoms with van der Waals surface area (Å²) >= 11 is 0. The SMILES string of the molecule is C/C(CC1=CCCC1)=N\NC(N)=O. The Bertz CT molecular complexity index is 256. The lowest BCUT2D eigenvalue weighted by Crippen LogP contribution is -2.25. The van der Waals surface area contributed by atoms with E-state index < -0.39 is 6.03 Å². The molecule has 0 bridgehead atoms. The minimum absolute atomic E-state index is 0.611. The van der Waals surface area contributed by atoms with Crippen molar-refractivity contribution in [2.45, 2.75) is 32.6 Å². The van der Waals surface area contributed by atoms with Crippen molar-refractivity contribution in [3.8, 4) is 0 Å². The zero-order valence-corrected chi connectivity index (χ0v) is 7.84. The number of nitrogens with zero attached hydrogens (tertiary/aromatic N) is 1. The highest BCUT2D eigenvalue weighted by molar-refractivity contribution is 5.85. The van der Waals surface area contributed by atoms with Crippen molar-refractivity contribution >= 4 is 11.7 Å². The monoisotopic (exact) mass is 181 g/mol. The Balaban J connectivity index is 2.35. The van der Waals surface area contributed by atoms with E-state index in [9.17, 15) is 4.79 Å². The van der Waals surface area contributed by atoms with Crippen LogP contribution in [0.3, 0.4) is 0 Å². The van der Waals surface area contributed by atoms with Crippen LogP contribution in [0.2, 0.25) is 0 Å². The average Bonchev–Trinajstić information content (AvgIpc) is 2.53. The van der Waals surface area contributed by atoms with Gasteiger partial charge in [0.05, 0.1) is 0 Å². The van der Waals surface area contributed by atoms with Crippen LogP contribution in [0.5, 0.6) is 0 Å². The minimum atomic E-state index is -0.611. The number of urea groups is 1. The Morgan fingerprint density at radius 1 is 1.77 bits per heavy atom. The molecule has 0 aliphatic heterocycles. The zero-order chi connectivity index (χ0) is 9.68. The molecule has 4 heteroatoms. The number of nitrogens with two attached hydrogens (primary N) is 1. The molecular weight excluding hydrogens is 166 g/mol. The second kappa shape index (κ2) is 4.64. The molecule has 0 atom stereocenters. The fourth-order valence-corrected chi connectivity index (χ4v) is 1.42. The molecule has 0 unspecified atom stereocenters. The van der Waals surface area contributed by atoms with Gasteiger partial charge in [0, 0.05) is 12.1 Å². The second-order valence-electron chi connectivity index (χ2n) is 3.25. The van der Waals surface area contributed by atoms with Crippen LogP contribution in [-0.4, -0.2) is 11.7 Å². The van der Waals surface area contributed by atoms with Crippen LogP contribution in [0.15, 0.2) is 16.8 Å². The van der Waals surface area contributed by atoms with Gasteiger partial charge in [0.1, 0.15) is 0 Å². The van der Waals surface area contributed by atoms with Gasteiger partial charge in [-0.15, -0.1) is 0 Å². The fourth-order valence-electron chi connectivity index (χ4n) is 1.42. The topological polar surface area (TPSA) is 67.5 Å². The van der Waals surface area contributed by atoms with Crippen LogP contribution in [-0.2, 0) is 0 Å². The summed E-state index contributed by atoms with van der Waals surface area (Å²) < 4.78 is 0. The average molecular weight is 181 g/mol. The van der Waals surface area contributed by atoms with E-state index in [1.54, 1.807) is 0 Å². The molecule has 0 aromatic carbocycles. The van der Waals surface area contributed by atoms with Crippen LogP contribution >= 0.6 is 0 Å². The Labute approximate surface area is 77.9 Å². The Morgan fingerprint density at radius 2 is 2.54 bits per heavy atom. The van der Waals surface area contributed by atoms with E-state index in [-0.39, 0.29) is 0 Å². The number of carbonyl (C=O) groups is 1. The normalized spacial score (nSPS) is 17.0. The van der Waals surface area contributed by atoms with Crippen LogP contribution in [0.25, 0.3) is 0 Å². The van der Waals surface area contributed by atoms with Crippen LogP contribution < -0.4 is 11.2 Å². The molecule has 0 saturated heterocycles. The summed E-state index contributed by atoms with van der Waals surface area (Å²) in [5.41, 5.74) is 9.40. The van der Waals surface area contributed by atoms with Gasteiger partial charge in [0.15, 0.2) is 0 Å². The van der Waals surface area contributed by atoms with Crippen molar-refractivity contribution in [1.82, 2.24) is 5.43 Å². The quantitative estimate of drug-likeness (QED) is 0.387. The molecule has 0 aromatic heterocycles. The summed E-state index contributed by atoms with van der Waals surface area (Å²) in [6.07, 6.45) is 6.66. The van der Waals surface area contributed by atoms with Gasteiger partial charge < -0.3 is 5.73 Å². The highest BCUT2D eigenvalue weighted by Crippen LogP contribution is 2.20. The van der Waals surface area contributed by atoms with E-state index >= 15 is 0 Å². The van der Waals surface area contributed by atoms with Gasteiger partial charge in [-0.3, -0.25) is 0 Å². The highest BCUT2D eigenvalue weighted by atomic mass is 16.2. The molecule has 0 saturated carbocycles. The summed E-state index contributed by atoms with van der Waals surface area (Å²) in [6.45, 7) is 1.88. The number of primary amides is 1. The van der Waals surface area contributed by atoms with Crippen LogP contribution in [0.4, 0.5) is 4.79 Å². The van der Waals surface area contributed by atoms with Crippen molar-refractivity contribution in [2.24, 2.45) is 10.8 Å². The molecule has 0 fully saturated rings. The van der Waals surface area contributed by atoms with Gasteiger partial charge in [0.2, 0.25) is 0 Å². The summed E-state index contributed by atoms with van der Waals surface area (Å²) in [4.78, 5) is 10.3. The molecule has 3 N–H and O–H groups in total. The lowest BCUT2D eigenvalue weighted by molar-refractivity contribution is 0.249. The third-order valence-corrected chi connectivity index (χ3v) is 1.97. The molecule has 1 aliphatic carbocycles. The fraction of sp³-hybridized carbons (Fsp3) is 0.556. The standard InChI is InChI=1S/C9H15N3O/c1-7(11-12-9(10)13)6-8-4-2-3-5-8/h4H,2-3,5-6H2,1H3,(H3,10,12,13)/b11-7+. The molecule has 1 aliphatic rings. The number of amides is 2. The summed E-state index contributed by atoms with van der Waals surface area (Å²) in [5, 5.41) is 3.84. The van der Waals surface area contributed by atoms with Gasteiger partial charge in [-0.05, 0) is 26.2 Å². The molecular formula is C9H15N3O. The smallest absolute Gasteiger partial charge is 0.332 e. The van der Waals surface area contributed by atoms with Gasteiger partial charge in [-0.25, -0.2) is 10.2 Å². The molecule has 0 aromatic rings. The van der Waals surface area contributed by atoms with E-state index in [0.29, 0.717) is 0 Å². The summed E-state index contributed by atoms with van der Waals surface area (Å²) in [6, 6.07) is -0.611. The van der Waals surface area contributed by atoms with Crippen molar-refractivity contribution in [3.63, 3.8) is 0 Å². The lowest BCUT2D eigenvalue weighted by Gasteiger charge is -2.01. The maximum Gasteiger partial charge on any atom is 0.332 e. The minimum Gasteiger partial charge on any atom is -0.350 e. The number of allylic oxidation sites excluding steroid dienone is 2. The second-order valence-corrected chi connectivity index (χ2v) is 3.25. The molecule has 2 amide bonds. The number of hydrazone groups is 1.